The van der Waals surface area contributed by atoms with Gasteiger partial charge in [-0.3, -0.25) is 24.2 Å². The molecule has 0 spiro atoms. The molecule has 0 N–H and O–H groups in total. The predicted octanol–water partition coefficient (Wildman–Crippen LogP) is 4.94. The maximum atomic E-state index is 13.7. The quantitative estimate of drug-likeness (QED) is 0.449. The van der Waals surface area contributed by atoms with Gasteiger partial charge in [-0.05, 0) is 55.2 Å². The summed E-state index contributed by atoms with van der Waals surface area (Å²) in [5, 5.41) is 0.576. The molecule has 3 aromatic carbocycles. The fourth-order valence-electron chi connectivity index (χ4n) is 5.06. The third-order valence-corrected chi connectivity index (χ3v) is 7.45. The van der Waals surface area contributed by atoms with Crippen LogP contribution in [0, 0.1) is 6.92 Å². The lowest BCUT2D eigenvalue weighted by Gasteiger charge is -2.39. The van der Waals surface area contributed by atoms with Gasteiger partial charge < -0.3 is 4.90 Å². The van der Waals surface area contributed by atoms with E-state index in [1.807, 2.05) is 37.3 Å². The molecule has 7 heteroatoms. The van der Waals surface area contributed by atoms with Gasteiger partial charge in [-0.1, -0.05) is 60.1 Å². The molecule has 0 radical (unpaired) electrons. The fourth-order valence-corrected chi connectivity index (χ4v) is 5.24. The van der Waals surface area contributed by atoms with Crippen LogP contribution in [0.3, 0.4) is 0 Å². The van der Waals surface area contributed by atoms with Crippen LogP contribution in [0.15, 0.2) is 72.8 Å². The summed E-state index contributed by atoms with van der Waals surface area (Å²) in [6, 6.07) is 22.6. The Kier molecular flexibility index (Phi) is 6.90. The van der Waals surface area contributed by atoms with E-state index in [2.05, 4.69) is 17.0 Å². The van der Waals surface area contributed by atoms with E-state index in [1.54, 1.807) is 35.2 Å². The zero-order valence-corrected chi connectivity index (χ0v) is 20.9. The average Bonchev–Trinajstić information content (AvgIpc) is 3.13. The van der Waals surface area contributed by atoms with E-state index >= 15 is 0 Å². The summed E-state index contributed by atoms with van der Waals surface area (Å²) in [5.41, 5.74) is 3.56. The van der Waals surface area contributed by atoms with Crippen LogP contribution in [0.2, 0.25) is 5.02 Å². The number of anilines is 1. The number of hydrogen-bond donors (Lipinski definition) is 0. The number of hydrogen-bond acceptors (Lipinski definition) is 4. The van der Waals surface area contributed by atoms with Gasteiger partial charge in [-0.2, -0.15) is 0 Å². The van der Waals surface area contributed by atoms with E-state index in [4.69, 9.17) is 11.6 Å². The summed E-state index contributed by atoms with van der Waals surface area (Å²) in [6.45, 7) is 4.17. The van der Waals surface area contributed by atoms with Crippen molar-refractivity contribution in [3.05, 3.63) is 100 Å². The molecule has 184 valence electrons. The van der Waals surface area contributed by atoms with Crippen LogP contribution in [0.25, 0.3) is 0 Å². The predicted molar refractivity (Wildman–Crippen MR) is 140 cm³/mol. The Balaban J connectivity index is 1.35. The smallest absolute Gasteiger partial charge is 0.262 e. The zero-order valence-electron chi connectivity index (χ0n) is 20.2. The van der Waals surface area contributed by atoms with Gasteiger partial charge in [0, 0.05) is 36.4 Å². The van der Waals surface area contributed by atoms with Crippen LogP contribution in [-0.2, 0) is 11.3 Å². The zero-order chi connectivity index (χ0) is 25.2. The van der Waals surface area contributed by atoms with Crippen LogP contribution in [0.4, 0.5) is 5.69 Å². The summed E-state index contributed by atoms with van der Waals surface area (Å²) in [6.07, 6.45) is 1.57. The van der Waals surface area contributed by atoms with Gasteiger partial charge in [0.05, 0.1) is 11.1 Å². The molecule has 0 bridgehead atoms. The topological polar surface area (TPSA) is 60.9 Å². The number of nitrogens with zero attached hydrogens (tertiary/aromatic N) is 3. The van der Waals surface area contributed by atoms with Crippen molar-refractivity contribution < 1.29 is 14.4 Å². The molecule has 36 heavy (non-hydrogen) atoms. The maximum absolute atomic E-state index is 13.7. The highest BCUT2D eigenvalue weighted by Crippen LogP contribution is 2.30. The number of fused-ring (bicyclic) bond motifs is 1. The summed E-state index contributed by atoms with van der Waals surface area (Å²) in [5.74, 6) is -1.14. The van der Waals surface area contributed by atoms with Gasteiger partial charge in [0.2, 0.25) is 5.91 Å². The van der Waals surface area contributed by atoms with Gasteiger partial charge in [-0.15, -0.1) is 0 Å². The number of carbonyl (C=O) groups excluding carboxylic acids is 3. The number of likely N-dealkylation sites (tertiary alicyclic amines) is 1. The first-order valence-corrected chi connectivity index (χ1v) is 12.6. The van der Waals surface area contributed by atoms with E-state index in [9.17, 15) is 14.4 Å². The Hall–Kier alpha value is -3.48. The molecule has 0 aromatic heterocycles. The first-order valence-electron chi connectivity index (χ1n) is 12.2. The molecule has 1 fully saturated rings. The van der Waals surface area contributed by atoms with Crippen molar-refractivity contribution >= 4 is 35.0 Å². The lowest BCUT2D eigenvalue weighted by Crippen LogP contribution is -2.51. The van der Waals surface area contributed by atoms with Crippen LogP contribution in [0.5, 0.6) is 0 Å². The molecular weight excluding hydrogens is 474 g/mol. The second-order valence-corrected chi connectivity index (χ2v) is 9.84. The molecule has 0 aliphatic carbocycles. The number of halogens is 1. The second-order valence-electron chi connectivity index (χ2n) is 9.43. The lowest BCUT2D eigenvalue weighted by molar-refractivity contribution is -0.119. The summed E-state index contributed by atoms with van der Waals surface area (Å²) in [4.78, 5) is 44.7. The standard InChI is InChI=1S/C29H28ClN3O3/c1-20-11-12-23(17-26(20)30)33(22-13-15-31(16-14-22)18-21-7-3-2-4-8-21)27(34)19-32-28(35)24-9-5-6-10-25(24)29(32)36/h2-12,17,22H,13-16,18-19H2,1H3. The highest BCUT2D eigenvalue weighted by molar-refractivity contribution is 6.31. The molecule has 1 saturated heterocycles. The van der Waals surface area contributed by atoms with Crippen LogP contribution < -0.4 is 4.90 Å². The first kappa shape index (κ1) is 24.2. The van der Waals surface area contributed by atoms with Crippen molar-refractivity contribution in [2.45, 2.75) is 32.4 Å². The van der Waals surface area contributed by atoms with E-state index in [-0.39, 0.29) is 18.5 Å². The minimum atomic E-state index is -0.427. The highest BCUT2D eigenvalue weighted by atomic mass is 35.5. The van der Waals surface area contributed by atoms with Crippen molar-refractivity contribution in [3.8, 4) is 0 Å². The third-order valence-electron chi connectivity index (χ3n) is 7.05. The van der Waals surface area contributed by atoms with Gasteiger partial charge >= 0.3 is 0 Å². The number of carbonyl (C=O) groups is 3. The second kappa shape index (κ2) is 10.2. The molecule has 0 saturated carbocycles. The Bertz CT molecular complexity index is 1270. The molecule has 2 aliphatic rings. The molecule has 3 aromatic rings. The molecule has 3 amide bonds. The van der Waals surface area contributed by atoms with E-state index in [1.165, 1.54) is 5.56 Å². The number of piperidine rings is 1. The van der Waals surface area contributed by atoms with Crippen molar-refractivity contribution in [2.24, 2.45) is 0 Å². The van der Waals surface area contributed by atoms with Crippen molar-refractivity contribution in [3.63, 3.8) is 0 Å². The van der Waals surface area contributed by atoms with Crippen LogP contribution in [-0.4, -0.2) is 53.2 Å². The third kappa shape index (κ3) is 4.79. The van der Waals surface area contributed by atoms with Crippen molar-refractivity contribution in [2.75, 3.05) is 24.5 Å². The van der Waals surface area contributed by atoms with E-state index in [0.717, 1.165) is 42.9 Å². The van der Waals surface area contributed by atoms with Crippen LogP contribution in [0.1, 0.15) is 44.7 Å². The molecule has 0 atom stereocenters. The number of rotatable bonds is 6. The molecule has 6 nitrogen and oxygen atoms in total. The normalized spacial score (nSPS) is 16.3. The summed E-state index contributed by atoms with van der Waals surface area (Å²) < 4.78 is 0. The average molecular weight is 502 g/mol. The van der Waals surface area contributed by atoms with Gasteiger partial charge in [0.15, 0.2) is 0 Å². The van der Waals surface area contributed by atoms with Crippen LogP contribution >= 0.6 is 11.6 Å². The molecular formula is C29H28ClN3O3. The Labute approximate surface area is 216 Å². The Morgan fingerprint density at radius 2 is 1.53 bits per heavy atom. The SMILES string of the molecule is Cc1ccc(N(C(=O)CN2C(=O)c3ccccc3C2=O)C2CCN(Cc3ccccc3)CC2)cc1Cl. The largest absolute Gasteiger partial charge is 0.308 e. The number of benzene rings is 3. The number of amides is 3. The highest BCUT2D eigenvalue weighted by Gasteiger charge is 2.38. The lowest BCUT2D eigenvalue weighted by atomic mass is 10.0. The van der Waals surface area contributed by atoms with E-state index in [0.29, 0.717) is 21.8 Å². The Morgan fingerprint density at radius 3 is 2.14 bits per heavy atom. The first-order chi connectivity index (χ1) is 17.4. The number of aryl methyl sites for hydroxylation is 1. The monoisotopic (exact) mass is 501 g/mol. The fraction of sp³-hybridized carbons (Fsp3) is 0.276. The summed E-state index contributed by atoms with van der Waals surface area (Å²) >= 11 is 6.43. The minimum absolute atomic E-state index is 0.0570. The molecule has 2 heterocycles. The molecule has 0 unspecified atom stereocenters. The van der Waals surface area contributed by atoms with E-state index < -0.39 is 11.8 Å². The van der Waals surface area contributed by atoms with Crippen molar-refractivity contribution in [1.82, 2.24) is 9.80 Å². The maximum Gasteiger partial charge on any atom is 0.262 e. The van der Waals surface area contributed by atoms with Crippen molar-refractivity contribution in [1.29, 1.82) is 0 Å². The summed E-state index contributed by atoms with van der Waals surface area (Å²) in [7, 11) is 0. The van der Waals surface area contributed by atoms with Gasteiger partial charge in [0.25, 0.3) is 11.8 Å². The van der Waals surface area contributed by atoms with Gasteiger partial charge in [-0.25, -0.2) is 0 Å². The minimum Gasteiger partial charge on any atom is -0.308 e. The number of imide groups is 1. The molecule has 2 aliphatic heterocycles. The Morgan fingerprint density at radius 1 is 0.917 bits per heavy atom. The van der Waals surface area contributed by atoms with Gasteiger partial charge in [0.1, 0.15) is 6.54 Å². The molecule has 5 rings (SSSR count).